The predicted octanol–water partition coefficient (Wildman–Crippen LogP) is 2.58. The molecule has 0 radical (unpaired) electrons. The second-order valence-electron chi connectivity index (χ2n) is 6.25. The van der Waals surface area contributed by atoms with Crippen molar-refractivity contribution in [1.29, 1.82) is 0 Å². The largest absolute Gasteiger partial charge is 0.378 e. The average Bonchev–Trinajstić information content (AvgIpc) is 2.64. The lowest BCUT2D eigenvalue weighted by atomic mass is 9.95. The molecule has 0 bridgehead atoms. The quantitative estimate of drug-likeness (QED) is 0.871. The van der Waals surface area contributed by atoms with E-state index in [1.165, 1.54) is 12.1 Å². The van der Waals surface area contributed by atoms with Crippen LogP contribution < -0.4 is 5.32 Å². The van der Waals surface area contributed by atoms with Gasteiger partial charge in [0.25, 0.3) is 0 Å². The van der Waals surface area contributed by atoms with Crippen LogP contribution in [0.25, 0.3) is 0 Å². The fraction of sp³-hybridized carbons (Fsp3) is 0.529. The fourth-order valence-corrected chi connectivity index (χ4v) is 3.37. The van der Waals surface area contributed by atoms with E-state index in [0.29, 0.717) is 57.9 Å². The number of likely N-dealkylation sites (tertiary alicyclic amines) is 1. The summed E-state index contributed by atoms with van der Waals surface area (Å²) in [4.78, 5) is 28.3. The third kappa shape index (κ3) is 4.41. The Bertz CT molecular complexity index is 644. The molecule has 136 valence electrons. The standard InChI is InChI=1S/C17H21ClFN3O3/c18-14-11-13(19)1-2-15(14)20-17(24)22-5-3-12(4-6-22)16(23)21-7-9-25-10-8-21/h1-2,11-12H,3-10H2,(H,20,24). The van der Waals surface area contributed by atoms with Crippen LogP contribution in [0.2, 0.25) is 5.02 Å². The normalized spacial score (nSPS) is 19.0. The van der Waals surface area contributed by atoms with Crippen molar-refractivity contribution in [2.24, 2.45) is 5.92 Å². The molecular weight excluding hydrogens is 349 g/mol. The van der Waals surface area contributed by atoms with E-state index in [1.807, 2.05) is 4.90 Å². The number of anilines is 1. The van der Waals surface area contributed by atoms with Crippen LogP contribution in [0, 0.1) is 11.7 Å². The molecule has 0 saturated carbocycles. The van der Waals surface area contributed by atoms with E-state index in [9.17, 15) is 14.0 Å². The maximum atomic E-state index is 13.1. The van der Waals surface area contributed by atoms with Gasteiger partial charge in [0, 0.05) is 32.1 Å². The summed E-state index contributed by atoms with van der Waals surface area (Å²) >= 11 is 5.93. The lowest BCUT2D eigenvalue weighted by Gasteiger charge is -2.35. The molecule has 2 fully saturated rings. The topological polar surface area (TPSA) is 61.9 Å². The van der Waals surface area contributed by atoms with Crippen molar-refractivity contribution < 1.29 is 18.7 Å². The number of ether oxygens (including phenoxy) is 1. The van der Waals surface area contributed by atoms with Crippen LogP contribution in [-0.2, 0) is 9.53 Å². The number of morpholine rings is 1. The molecular formula is C17H21ClFN3O3. The molecule has 0 atom stereocenters. The van der Waals surface area contributed by atoms with E-state index in [0.717, 1.165) is 6.07 Å². The molecule has 2 saturated heterocycles. The van der Waals surface area contributed by atoms with E-state index < -0.39 is 5.82 Å². The van der Waals surface area contributed by atoms with Crippen molar-refractivity contribution in [2.75, 3.05) is 44.7 Å². The third-order valence-corrected chi connectivity index (χ3v) is 4.94. The van der Waals surface area contributed by atoms with Gasteiger partial charge < -0.3 is 19.9 Å². The van der Waals surface area contributed by atoms with Gasteiger partial charge in [-0.05, 0) is 31.0 Å². The SMILES string of the molecule is O=C(Nc1ccc(F)cc1Cl)N1CCC(C(=O)N2CCOCC2)CC1. The minimum Gasteiger partial charge on any atom is -0.378 e. The first-order chi connectivity index (χ1) is 12.0. The summed E-state index contributed by atoms with van der Waals surface area (Å²) in [6.07, 6.45) is 1.28. The molecule has 0 aromatic heterocycles. The number of halogens is 2. The van der Waals surface area contributed by atoms with Gasteiger partial charge >= 0.3 is 6.03 Å². The van der Waals surface area contributed by atoms with E-state index in [2.05, 4.69) is 5.32 Å². The number of carbonyl (C=O) groups excluding carboxylic acids is 2. The molecule has 1 aromatic rings. The van der Waals surface area contributed by atoms with Crippen molar-refractivity contribution in [2.45, 2.75) is 12.8 Å². The molecule has 2 heterocycles. The number of hydrogen-bond donors (Lipinski definition) is 1. The number of hydrogen-bond acceptors (Lipinski definition) is 3. The monoisotopic (exact) mass is 369 g/mol. The van der Waals surface area contributed by atoms with Gasteiger partial charge in [0.2, 0.25) is 5.91 Å². The maximum absolute atomic E-state index is 13.1. The van der Waals surface area contributed by atoms with Crippen molar-refractivity contribution in [3.05, 3.63) is 29.0 Å². The second-order valence-corrected chi connectivity index (χ2v) is 6.66. The summed E-state index contributed by atoms with van der Waals surface area (Å²) in [5, 5.41) is 2.85. The van der Waals surface area contributed by atoms with Gasteiger partial charge in [-0.1, -0.05) is 11.6 Å². The van der Waals surface area contributed by atoms with Gasteiger partial charge in [-0.3, -0.25) is 4.79 Å². The first kappa shape index (κ1) is 17.9. The summed E-state index contributed by atoms with van der Waals surface area (Å²) < 4.78 is 18.3. The van der Waals surface area contributed by atoms with Crippen LogP contribution in [0.4, 0.5) is 14.9 Å². The molecule has 25 heavy (non-hydrogen) atoms. The molecule has 2 aliphatic rings. The number of rotatable bonds is 2. The van der Waals surface area contributed by atoms with Gasteiger partial charge in [-0.25, -0.2) is 9.18 Å². The molecule has 3 amide bonds. The Labute approximate surface area is 150 Å². The van der Waals surface area contributed by atoms with Crippen LogP contribution in [0.1, 0.15) is 12.8 Å². The number of urea groups is 1. The average molecular weight is 370 g/mol. The van der Waals surface area contributed by atoms with Crippen LogP contribution in [0.3, 0.4) is 0 Å². The van der Waals surface area contributed by atoms with Gasteiger partial charge in [-0.2, -0.15) is 0 Å². The number of nitrogens with zero attached hydrogens (tertiary/aromatic N) is 2. The molecule has 2 aliphatic heterocycles. The van der Waals surface area contributed by atoms with Crippen molar-refractivity contribution in [3.8, 4) is 0 Å². The van der Waals surface area contributed by atoms with Crippen LogP contribution in [-0.4, -0.2) is 61.1 Å². The van der Waals surface area contributed by atoms with Crippen molar-refractivity contribution in [3.63, 3.8) is 0 Å². The number of amides is 3. The molecule has 3 rings (SSSR count). The molecule has 6 nitrogen and oxygen atoms in total. The van der Waals surface area contributed by atoms with E-state index in [1.54, 1.807) is 4.90 Å². The zero-order valence-corrected chi connectivity index (χ0v) is 14.6. The smallest absolute Gasteiger partial charge is 0.321 e. The van der Waals surface area contributed by atoms with Gasteiger partial charge in [0.15, 0.2) is 0 Å². The first-order valence-electron chi connectivity index (χ1n) is 8.42. The highest BCUT2D eigenvalue weighted by Crippen LogP contribution is 2.24. The molecule has 0 aliphatic carbocycles. The Morgan fingerprint density at radius 1 is 1.12 bits per heavy atom. The maximum Gasteiger partial charge on any atom is 0.321 e. The minimum atomic E-state index is -0.453. The lowest BCUT2D eigenvalue weighted by Crippen LogP contribution is -2.48. The molecule has 1 aromatic carbocycles. The van der Waals surface area contributed by atoms with Gasteiger partial charge in [0.05, 0.1) is 23.9 Å². The molecule has 1 N–H and O–H groups in total. The van der Waals surface area contributed by atoms with Crippen molar-refractivity contribution in [1.82, 2.24) is 9.80 Å². The van der Waals surface area contributed by atoms with Crippen LogP contribution in [0.15, 0.2) is 18.2 Å². The van der Waals surface area contributed by atoms with E-state index in [-0.39, 0.29) is 22.9 Å². The summed E-state index contributed by atoms with van der Waals surface area (Å²) in [5.74, 6) is -0.341. The minimum absolute atomic E-state index is 0.0449. The second kappa shape index (κ2) is 8.01. The number of piperidine rings is 1. The number of benzene rings is 1. The lowest BCUT2D eigenvalue weighted by molar-refractivity contribution is -0.140. The third-order valence-electron chi connectivity index (χ3n) is 4.63. The summed E-state index contributed by atoms with van der Waals surface area (Å²) in [6.45, 7) is 3.47. The highest BCUT2D eigenvalue weighted by Gasteiger charge is 2.31. The van der Waals surface area contributed by atoms with Crippen LogP contribution >= 0.6 is 11.6 Å². The Balaban J connectivity index is 1.51. The fourth-order valence-electron chi connectivity index (χ4n) is 3.16. The number of carbonyl (C=O) groups is 2. The molecule has 0 unspecified atom stereocenters. The van der Waals surface area contributed by atoms with Crippen LogP contribution in [0.5, 0.6) is 0 Å². The highest BCUT2D eigenvalue weighted by molar-refractivity contribution is 6.33. The zero-order chi connectivity index (χ0) is 17.8. The number of nitrogens with one attached hydrogen (secondary N) is 1. The summed E-state index contributed by atoms with van der Waals surface area (Å²) in [5.41, 5.74) is 0.375. The predicted molar refractivity (Wildman–Crippen MR) is 92.1 cm³/mol. The Hall–Kier alpha value is -1.86. The molecule has 0 spiro atoms. The highest BCUT2D eigenvalue weighted by atomic mass is 35.5. The molecule has 8 heteroatoms. The van der Waals surface area contributed by atoms with Crippen molar-refractivity contribution >= 4 is 29.2 Å². The van der Waals surface area contributed by atoms with Gasteiger partial charge in [-0.15, -0.1) is 0 Å². The Morgan fingerprint density at radius 3 is 2.44 bits per heavy atom. The van der Waals surface area contributed by atoms with E-state index in [4.69, 9.17) is 16.3 Å². The zero-order valence-electron chi connectivity index (χ0n) is 13.8. The summed E-state index contributed by atoms with van der Waals surface area (Å²) in [7, 11) is 0. The summed E-state index contributed by atoms with van der Waals surface area (Å²) in [6, 6.07) is 3.55. The van der Waals surface area contributed by atoms with E-state index >= 15 is 0 Å². The Kier molecular flexibility index (Phi) is 5.75. The van der Waals surface area contributed by atoms with Gasteiger partial charge in [0.1, 0.15) is 5.82 Å². The Morgan fingerprint density at radius 2 is 1.80 bits per heavy atom. The first-order valence-corrected chi connectivity index (χ1v) is 8.80.